The Morgan fingerprint density at radius 3 is 2.59 bits per heavy atom. The lowest BCUT2D eigenvalue weighted by Crippen LogP contribution is -2.39. The van der Waals surface area contributed by atoms with E-state index in [0.29, 0.717) is 22.7 Å². The van der Waals surface area contributed by atoms with Crippen LogP contribution in [0.5, 0.6) is 5.75 Å². The Morgan fingerprint density at radius 2 is 1.90 bits per heavy atom. The van der Waals surface area contributed by atoms with Crippen LogP contribution in [0.25, 0.3) is 11.0 Å². The fourth-order valence-electron chi connectivity index (χ4n) is 3.03. The van der Waals surface area contributed by atoms with E-state index in [1.165, 1.54) is 13.2 Å². The number of fused-ring (bicyclic) bond motifs is 1. The minimum Gasteiger partial charge on any atom is -0.495 e. The van der Waals surface area contributed by atoms with Gasteiger partial charge in [-0.15, -0.1) is 0 Å². The zero-order valence-corrected chi connectivity index (χ0v) is 16.9. The molecule has 152 valence electrons. The summed E-state index contributed by atoms with van der Waals surface area (Å²) in [5, 5.41) is 3.65. The van der Waals surface area contributed by atoms with Crippen molar-refractivity contribution >= 4 is 33.9 Å². The van der Waals surface area contributed by atoms with E-state index in [-0.39, 0.29) is 11.8 Å². The van der Waals surface area contributed by atoms with Crippen molar-refractivity contribution in [2.24, 2.45) is 11.7 Å². The number of para-hydroxylation sites is 1. The van der Waals surface area contributed by atoms with Crippen LogP contribution in [-0.2, 0) is 4.79 Å². The monoisotopic (exact) mass is 395 g/mol. The normalized spacial score (nSPS) is 12.1. The van der Waals surface area contributed by atoms with Gasteiger partial charge in [-0.1, -0.05) is 26.0 Å². The molecule has 7 nitrogen and oxygen atoms in total. The van der Waals surface area contributed by atoms with Crippen LogP contribution in [0.15, 0.2) is 57.7 Å². The van der Waals surface area contributed by atoms with Gasteiger partial charge in [-0.2, -0.15) is 0 Å². The summed E-state index contributed by atoms with van der Waals surface area (Å²) >= 11 is 0. The summed E-state index contributed by atoms with van der Waals surface area (Å²) in [6, 6.07) is 13.5. The first-order chi connectivity index (χ1) is 13.8. The third-order valence-electron chi connectivity index (χ3n) is 4.84. The number of nitrogens with zero attached hydrogens (tertiary/aromatic N) is 1. The van der Waals surface area contributed by atoms with E-state index in [0.717, 1.165) is 11.1 Å². The van der Waals surface area contributed by atoms with Crippen LogP contribution in [0.1, 0.15) is 13.8 Å². The second kappa shape index (κ2) is 8.36. The number of nitrogens with two attached hydrogens (primary N) is 1. The molecule has 3 N–H and O–H groups in total. The maximum absolute atomic E-state index is 12.4. The zero-order valence-electron chi connectivity index (χ0n) is 16.9. The fourth-order valence-corrected chi connectivity index (χ4v) is 3.03. The third-order valence-corrected chi connectivity index (χ3v) is 4.84. The number of benzene rings is 2. The van der Waals surface area contributed by atoms with Gasteiger partial charge in [0.25, 0.3) is 0 Å². The first-order valence-electron chi connectivity index (χ1n) is 9.33. The van der Waals surface area contributed by atoms with Crippen LogP contribution >= 0.6 is 0 Å². The number of hydrogen-bond donors (Lipinski definition) is 2. The summed E-state index contributed by atoms with van der Waals surface area (Å²) in [6.07, 6.45) is 0. The van der Waals surface area contributed by atoms with Crippen molar-refractivity contribution in [2.45, 2.75) is 19.9 Å². The first kappa shape index (κ1) is 20.4. The molecule has 0 spiro atoms. The molecule has 29 heavy (non-hydrogen) atoms. The van der Waals surface area contributed by atoms with Gasteiger partial charge >= 0.3 is 5.63 Å². The van der Waals surface area contributed by atoms with Crippen molar-refractivity contribution in [3.8, 4) is 5.75 Å². The van der Waals surface area contributed by atoms with Gasteiger partial charge in [0.2, 0.25) is 5.91 Å². The number of methoxy groups -OCH3 is 1. The molecule has 1 heterocycles. The molecule has 1 aromatic heterocycles. The third kappa shape index (κ3) is 4.25. The van der Waals surface area contributed by atoms with Gasteiger partial charge < -0.3 is 25.1 Å². The Hall–Kier alpha value is -3.32. The van der Waals surface area contributed by atoms with E-state index >= 15 is 0 Å². The number of nitrogens with one attached hydrogen (secondary N) is 1. The molecule has 0 aliphatic rings. The van der Waals surface area contributed by atoms with Crippen molar-refractivity contribution in [3.05, 3.63) is 59.0 Å². The summed E-state index contributed by atoms with van der Waals surface area (Å²) in [5.74, 6) is 0.231. The number of carbonyl (C=O) groups excluding carboxylic acids is 1. The number of carbonyl (C=O) groups is 1. The Balaban J connectivity index is 2.02. The molecule has 1 unspecified atom stereocenters. The average molecular weight is 395 g/mol. The SMILES string of the molecule is COc1ccc(N(C)c2cc(=O)oc3ccccc23)cc1NC(=O)C(N)C(C)C. The molecule has 0 saturated carbocycles. The number of ether oxygens (including phenoxy) is 1. The molecule has 0 radical (unpaired) electrons. The van der Waals surface area contributed by atoms with Gasteiger partial charge in [0.1, 0.15) is 11.3 Å². The minimum atomic E-state index is -0.635. The fraction of sp³-hybridized carbons (Fsp3) is 0.273. The van der Waals surface area contributed by atoms with Gasteiger partial charge in [0.05, 0.1) is 24.5 Å². The summed E-state index contributed by atoms with van der Waals surface area (Å²) in [4.78, 5) is 26.3. The largest absolute Gasteiger partial charge is 0.495 e. The molecule has 2 aromatic carbocycles. The number of hydrogen-bond acceptors (Lipinski definition) is 6. The highest BCUT2D eigenvalue weighted by Crippen LogP contribution is 2.34. The van der Waals surface area contributed by atoms with Crippen LogP contribution in [0.2, 0.25) is 0 Å². The standard InChI is InChI=1S/C22H25N3O4/c1-13(2)21(23)22(27)24-16-11-14(9-10-19(16)28-4)25(3)17-12-20(26)29-18-8-6-5-7-15(17)18/h5-13,21H,23H2,1-4H3,(H,24,27). The smallest absolute Gasteiger partial charge is 0.338 e. The molecule has 7 heteroatoms. The quantitative estimate of drug-likeness (QED) is 0.620. The summed E-state index contributed by atoms with van der Waals surface area (Å²) in [6.45, 7) is 3.77. The molecular weight excluding hydrogens is 370 g/mol. The number of amides is 1. The van der Waals surface area contributed by atoms with E-state index in [2.05, 4.69) is 5.32 Å². The molecule has 0 bridgehead atoms. The highest BCUT2D eigenvalue weighted by atomic mass is 16.5. The molecule has 1 atom stereocenters. The molecule has 1 amide bonds. The van der Waals surface area contributed by atoms with Gasteiger partial charge in [0.15, 0.2) is 0 Å². The van der Waals surface area contributed by atoms with Crippen LogP contribution in [-0.4, -0.2) is 26.1 Å². The maximum Gasteiger partial charge on any atom is 0.338 e. The highest BCUT2D eigenvalue weighted by molar-refractivity contribution is 5.97. The van der Waals surface area contributed by atoms with Crippen LogP contribution in [0, 0.1) is 5.92 Å². The molecule has 0 saturated heterocycles. The average Bonchev–Trinajstić information content (AvgIpc) is 2.71. The second-order valence-corrected chi connectivity index (χ2v) is 7.15. The molecule has 3 rings (SSSR count). The Bertz CT molecular complexity index is 1090. The Labute approximate surface area is 169 Å². The summed E-state index contributed by atoms with van der Waals surface area (Å²) in [7, 11) is 3.38. The van der Waals surface area contributed by atoms with E-state index in [1.807, 2.05) is 50.1 Å². The van der Waals surface area contributed by atoms with Gasteiger partial charge in [-0.3, -0.25) is 4.79 Å². The van der Waals surface area contributed by atoms with Gasteiger partial charge in [0, 0.05) is 24.2 Å². The van der Waals surface area contributed by atoms with Gasteiger partial charge in [-0.05, 0) is 36.2 Å². The lowest BCUT2D eigenvalue weighted by atomic mass is 10.0. The van der Waals surface area contributed by atoms with Crippen molar-refractivity contribution in [2.75, 3.05) is 24.4 Å². The minimum absolute atomic E-state index is 0.00163. The second-order valence-electron chi connectivity index (χ2n) is 7.15. The summed E-state index contributed by atoms with van der Waals surface area (Å²) < 4.78 is 10.7. The predicted molar refractivity (Wildman–Crippen MR) is 115 cm³/mol. The molecule has 0 aliphatic carbocycles. The summed E-state index contributed by atoms with van der Waals surface area (Å²) in [5.41, 5.74) is 7.99. The van der Waals surface area contributed by atoms with Crippen molar-refractivity contribution < 1.29 is 13.9 Å². The molecule has 0 fully saturated rings. The molecule has 3 aromatic rings. The highest BCUT2D eigenvalue weighted by Gasteiger charge is 2.20. The van der Waals surface area contributed by atoms with Gasteiger partial charge in [-0.25, -0.2) is 4.79 Å². The van der Waals surface area contributed by atoms with Crippen molar-refractivity contribution in [1.29, 1.82) is 0 Å². The lowest BCUT2D eigenvalue weighted by molar-refractivity contribution is -0.118. The van der Waals surface area contributed by atoms with E-state index in [4.69, 9.17) is 14.9 Å². The predicted octanol–water partition coefficient (Wildman–Crippen LogP) is 3.49. The number of rotatable bonds is 6. The Morgan fingerprint density at radius 1 is 1.17 bits per heavy atom. The molecular formula is C22H25N3O4. The van der Waals surface area contributed by atoms with Crippen LogP contribution in [0.4, 0.5) is 17.1 Å². The number of anilines is 3. The van der Waals surface area contributed by atoms with Crippen LogP contribution < -0.4 is 26.3 Å². The van der Waals surface area contributed by atoms with E-state index in [1.54, 1.807) is 18.2 Å². The maximum atomic E-state index is 12.4. The Kier molecular flexibility index (Phi) is 5.89. The first-order valence-corrected chi connectivity index (χ1v) is 9.33. The zero-order chi connectivity index (χ0) is 21.1. The van der Waals surface area contributed by atoms with Crippen molar-refractivity contribution in [3.63, 3.8) is 0 Å². The molecule has 0 aliphatic heterocycles. The lowest BCUT2D eigenvalue weighted by Gasteiger charge is -2.23. The topological polar surface area (TPSA) is 97.8 Å². The van der Waals surface area contributed by atoms with Crippen molar-refractivity contribution in [1.82, 2.24) is 0 Å². The van der Waals surface area contributed by atoms with E-state index < -0.39 is 11.7 Å². The van der Waals surface area contributed by atoms with Crippen LogP contribution in [0.3, 0.4) is 0 Å². The van der Waals surface area contributed by atoms with E-state index in [9.17, 15) is 9.59 Å².